The van der Waals surface area contributed by atoms with Crippen molar-refractivity contribution in [2.24, 2.45) is 5.73 Å². The third-order valence-electron chi connectivity index (χ3n) is 6.30. The zero-order valence-corrected chi connectivity index (χ0v) is 20.1. The number of ether oxygens (including phenoxy) is 1. The number of fused-ring (bicyclic) bond motifs is 1. The lowest BCUT2D eigenvalue weighted by Crippen LogP contribution is -2.46. The SMILES string of the molecule is C#CCOc1ccc(C[C@H](N)C(=O)N2CC(C)(C)c3[nH]c(=O)c(Cc4ccc(F)cc4F)cc32)cc1. The van der Waals surface area contributed by atoms with E-state index in [1.54, 1.807) is 23.1 Å². The molecule has 8 heteroatoms. The molecule has 2 heterocycles. The van der Waals surface area contributed by atoms with Crippen molar-refractivity contribution in [2.75, 3.05) is 18.1 Å². The van der Waals surface area contributed by atoms with Crippen molar-refractivity contribution in [3.8, 4) is 18.1 Å². The van der Waals surface area contributed by atoms with Crippen LogP contribution in [-0.2, 0) is 23.1 Å². The maximum atomic E-state index is 14.2. The van der Waals surface area contributed by atoms with Gasteiger partial charge in [0.1, 0.15) is 24.0 Å². The molecule has 0 radical (unpaired) electrons. The van der Waals surface area contributed by atoms with E-state index in [0.29, 0.717) is 30.1 Å². The van der Waals surface area contributed by atoms with Crippen LogP contribution in [0.3, 0.4) is 0 Å². The topological polar surface area (TPSA) is 88.4 Å². The summed E-state index contributed by atoms with van der Waals surface area (Å²) < 4.78 is 32.9. The van der Waals surface area contributed by atoms with Gasteiger partial charge in [-0.1, -0.05) is 38.0 Å². The van der Waals surface area contributed by atoms with Gasteiger partial charge in [-0.15, -0.1) is 6.42 Å². The van der Waals surface area contributed by atoms with E-state index in [-0.39, 0.29) is 35.6 Å². The number of amides is 1. The van der Waals surface area contributed by atoms with Crippen LogP contribution in [0.5, 0.6) is 5.75 Å². The number of rotatable bonds is 7. The Morgan fingerprint density at radius 2 is 1.92 bits per heavy atom. The number of nitrogens with two attached hydrogens (primary N) is 1. The van der Waals surface area contributed by atoms with Gasteiger partial charge in [0.25, 0.3) is 5.56 Å². The van der Waals surface area contributed by atoms with Crippen LogP contribution in [0.25, 0.3) is 0 Å². The van der Waals surface area contributed by atoms with Crippen LogP contribution < -0.4 is 20.9 Å². The number of carbonyl (C=O) groups excluding carboxylic acids is 1. The number of H-pyrrole nitrogens is 1. The lowest BCUT2D eigenvalue weighted by atomic mass is 9.91. The number of anilines is 1. The summed E-state index contributed by atoms with van der Waals surface area (Å²) in [5.74, 6) is 1.31. The van der Waals surface area contributed by atoms with Gasteiger partial charge in [0.05, 0.1) is 11.7 Å². The molecular weight excluding hydrogens is 464 g/mol. The lowest BCUT2D eigenvalue weighted by molar-refractivity contribution is -0.119. The fourth-order valence-corrected chi connectivity index (χ4v) is 4.44. The predicted octanol–water partition coefficient (Wildman–Crippen LogP) is 3.45. The molecular formula is C28H27F2N3O3. The number of halogens is 2. The summed E-state index contributed by atoms with van der Waals surface area (Å²) >= 11 is 0. The highest BCUT2D eigenvalue weighted by Crippen LogP contribution is 2.39. The standard InChI is InChI=1S/C28H27F2N3O3/c1-4-11-36-21-9-5-17(6-10-21)12-23(31)27(35)33-16-28(2,3)25-24(33)14-19(26(34)32-25)13-18-7-8-20(29)15-22(18)30/h1,5-10,14-15,23H,11-13,16,31H2,2-3H3,(H,32,34)/t23-/m0/s1. The van der Waals surface area contributed by atoms with Crippen LogP contribution in [0.1, 0.15) is 36.2 Å². The van der Waals surface area contributed by atoms with Crippen molar-refractivity contribution in [1.29, 1.82) is 0 Å². The highest BCUT2D eigenvalue weighted by atomic mass is 19.1. The van der Waals surface area contributed by atoms with Gasteiger partial charge in [-0.05, 0) is 41.8 Å². The minimum Gasteiger partial charge on any atom is -0.481 e. The van der Waals surface area contributed by atoms with Crippen molar-refractivity contribution in [3.05, 3.63) is 92.9 Å². The molecule has 1 aliphatic heterocycles. The molecule has 0 unspecified atom stereocenters. The van der Waals surface area contributed by atoms with Crippen molar-refractivity contribution < 1.29 is 18.3 Å². The Kier molecular flexibility index (Phi) is 6.95. The van der Waals surface area contributed by atoms with E-state index in [1.165, 1.54) is 6.07 Å². The van der Waals surface area contributed by atoms with E-state index < -0.39 is 23.1 Å². The molecule has 0 spiro atoms. The summed E-state index contributed by atoms with van der Waals surface area (Å²) in [6.07, 6.45) is 5.46. The highest BCUT2D eigenvalue weighted by Gasteiger charge is 2.40. The molecule has 2 aromatic carbocycles. The van der Waals surface area contributed by atoms with Crippen molar-refractivity contribution in [1.82, 2.24) is 4.98 Å². The van der Waals surface area contributed by atoms with E-state index in [4.69, 9.17) is 16.9 Å². The Balaban J connectivity index is 1.57. The molecule has 1 amide bonds. The summed E-state index contributed by atoms with van der Waals surface area (Å²) in [6.45, 7) is 4.35. The Labute approximate surface area is 208 Å². The van der Waals surface area contributed by atoms with Gasteiger partial charge in [-0.2, -0.15) is 0 Å². The third kappa shape index (κ3) is 5.16. The summed E-state index contributed by atoms with van der Waals surface area (Å²) in [4.78, 5) is 30.7. The minimum atomic E-state index is -0.825. The molecule has 0 aliphatic carbocycles. The third-order valence-corrected chi connectivity index (χ3v) is 6.30. The number of terminal acetylenes is 1. The molecule has 3 aromatic rings. The quantitative estimate of drug-likeness (QED) is 0.496. The maximum absolute atomic E-state index is 14.2. The van der Waals surface area contributed by atoms with E-state index in [0.717, 1.165) is 17.7 Å². The van der Waals surface area contributed by atoms with Crippen LogP contribution in [-0.4, -0.2) is 30.1 Å². The Morgan fingerprint density at radius 1 is 1.19 bits per heavy atom. The van der Waals surface area contributed by atoms with Gasteiger partial charge in [-0.25, -0.2) is 8.78 Å². The summed E-state index contributed by atoms with van der Waals surface area (Å²) in [6, 6.07) is 11.2. The average molecular weight is 492 g/mol. The summed E-state index contributed by atoms with van der Waals surface area (Å²) in [5, 5.41) is 0. The molecule has 0 fully saturated rings. The van der Waals surface area contributed by atoms with Gasteiger partial charge < -0.3 is 20.4 Å². The zero-order chi connectivity index (χ0) is 26.0. The van der Waals surface area contributed by atoms with Crippen LogP contribution in [0, 0.1) is 24.0 Å². The second-order valence-electron chi connectivity index (χ2n) is 9.55. The largest absolute Gasteiger partial charge is 0.481 e. The van der Waals surface area contributed by atoms with Gasteiger partial charge in [0, 0.05) is 35.7 Å². The van der Waals surface area contributed by atoms with Gasteiger partial charge >= 0.3 is 0 Å². The van der Waals surface area contributed by atoms with Crippen molar-refractivity contribution >= 4 is 11.6 Å². The Bertz CT molecular complexity index is 1390. The van der Waals surface area contributed by atoms with Gasteiger partial charge in [0.2, 0.25) is 5.91 Å². The second-order valence-corrected chi connectivity index (χ2v) is 9.55. The number of pyridine rings is 1. The number of hydrogen-bond acceptors (Lipinski definition) is 4. The first-order valence-electron chi connectivity index (χ1n) is 11.5. The van der Waals surface area contributed by atoms with E-state index >= 15 is 0 Å². The average Bonchev–Trinajstić information content (AvgIpc) is 3.09. The van der Waals surface area contributed by atoms with E-state index in [1.807, 2.05) is 26.0 Å². The number of aromatic amines is 1. The maximum Gasteiger partial charge on any atom is 0.251 e. The van der Waals surface area contributed by atoms with Crippen LogP contribution >= 0.6 is 0 Å². The Hall–Kier alpha value is -3.96. The van der Waals surface area contributed by atoms with Gasteiger partial charge in [0.15, 0.2) is 0 Å². The lowest BCUT2D eigenvalue weighted by Gasteiger charge is -2.23. The van der Waals surface area contributed by atoms with E-state index in [9.17, 15) is 18.4 Å². The molecule has 0 saturated carbocycles. The number of benzene rings is 2. The predicted molar refractivity (Wildman–Crippen MR) is 134 cm³/mol. The highest BCUT2D eigenvalue weighted by molar-refractivity contribution is 5.99. The molecule has 1 aliphatic rings. The van der Waals surface area contributed by atoms with Crippen LogP contribution in [0.15, 0.2) is 53.3 Å². The van der Waals surface area contributed by atoms with Crippen molar-refractivity contribution in [2.45, 2.75) is 38.1 Å². The molecule has 1 atom stereocenters. The number of hydrogen-bond donors (Lipinski definition) is 2. The first-order chi connectivity index (χ1) is 17.1. The molecule has 1 aromatic heterocycles. The van der Waals surface area contributed by atoms with Crippen molar-refractivity contribution in [3.63, 3.8) is 0 Å². The van der Waals surface area contributed by atoms with E-state index in [2.05, 4.69) is 10.9 Å². The summed E-state index contributed by atoms with van der Waals surface area (Å²) in [7, 11) is 0. The second kappa shape index (κ2) is 9.96. The smallest absolute Gasteiger partial charge is 0.251 e. The number of aromatic nitrogens is 1. The van der Waals surface area contributed by atoms with Gasteiger partial charge in [-0.3, -0.25) is 9.59 Å². The number of nitrogens with zero attached hydrogens (tertiary/aromatic N) is 1. The fourth-order valence-electron chi connectivity index (χ4n) is 4.44. The first-order valence-corrected chi connectivity index (χ1v) is 11.5. The molecule has 6 nitrogen and oxygen atoms in total. The number of carbonyl (C=O) groups is 1. The molecule has 4 rings (SSSR count). The molecule has 0 saturated heterocycles. The minimum absolute atomic E-state index is 0.0443. The molecule has 186 valence electrons. The number of nitrogens with one attached hydrogen (secondary N) is 1. The Morgan fingerprint density at radius 3 is 2.58 bits per heavy atom. The fraction of sp³-hybridized carbons (Fsp3) is 0.286. The zero-order valence-electron chi connectivity index (χ0n) is 20.1. The summed E-state index contributed by atoms with van der Waals surface area (Å²) in [5.41, 5.74) is 7.89. The van der Waals surface area contributed by atoms with Crippen LogP contribution in [0.2, 0.25) is 0 Å². The first kappa shape index (κ1) is 25.1. The normalized spacial score (nSPS) is 14.7. The molecule has 36 heavy (non-hydrogen) atoms. The molecule has 0 bridgehead atoms. The molecule has 3 N–H and O–H groups in total. The monoisotopic (exact) mass is 491 g/mol. The van der Waals surface area contributed by atoms with Crippen LogP contribution in [0.4, 0.5) is 14.5 Å².